The molecule has 0 aliphatic carbocycles. The number of aryl methyl sites for hydroxylation is 2. The van der Waals surface area contributed by atoms with Crippen molar-refractivity contribution in [3.63, 3.8) is 0 Å². The molecule has 0 spiro atoms. The van der Waals surface area contributed by atoms with Crippen molar-refractivity contribution in [3.8, 4) is 11.5 Å². The fourth-order valence-corrected chi connectivity index (χ4v) is 4.43. The number of piperidine rings is 1. The molecule has 1 atom stereocenters. The van der Waals surface area contributed by atoms with Gasteiger partial charge in [0.1, 0.15) is 30.3 Å². The summed E-state index contributed by atoms with van der Waals surface area (Å²) in [6, 6.07) is 14.1. The third-order valence-corrected chi connectivity index (χ3v) is 6.52. The lowest BCUT2D eigenvalue weighted by atomic mass is 9.93. The number of likely N-dealkylation sites (tertiary alicyclic amines) is 1. The van der Waals surface area contributed by atoms with Gasteiger partial charge in [-0.1, -0.05) is 18.2 Å². The molecule has 2 N–H and O–H groups in total. The predicted octanol–water partition coefficient (Wildman–Crippen LogP) is 3.11. The minimum Gasteiger partial charge on any atom is -0.492 e. The van der Waals surface area contributed by atoms with Crippen LogP contribution in [0.4, 0.5) is 4.79 Å². The van der Waals surface area contributed by atoms with E-state index >= 15 is 0 Å². The van der Waals surface area contributed by atoms with Crippen molar-refractivity contribution >= 4 is 6.03 Å². The van der Waals surface area contributed by atoms with Gasteiger partial charge in [-0.05, 0) is 74.2 Å². The molecule has 0 bridgehead atoms. The van der Waals surface area contributed by atoms with Crippen LogP contribution in [0.1, 0.15) is 29.5 Å². The Bertz CT molecular complexity index is 949. The summed E-state index contributed by atoms with van der Waals surface area (Å²) in [6.45, 7) is 9.29. The Kier molecular flexibility index (Phi) is 7.40. The summed E-state index contributed by atoms with van der Waals surface area (Å²) in [6.07, 6.45) is 1.69. The van der Waals surface area contributed by atoms with Crippen LogP contribution < -0.4 is 14.8 Å². The zero-order valence-electron chi connectivity index (χ0n) is 19.7. The third kappa shape index (κ3) is 6.39. The van der Waals surface area contributed by atoms with Gasteiger partial charge in [-0.15, -0.1) is 0 Å². The molecular formula is C26H35N3O4. The average molecular weight is 454 g/mol. The molecule has 2 aliphatic rings. The monoisotopic (exact) mass is 453 g/mol. The van der Waals surface area contributed by atoms with Crippen molar-refractivity contribution in [1.29, 1.82) is 0 Å². The molecular weight excluding hydrogens is 418 g/mol. The minimum atomic E-state index is -0.845. The Morgan fingerprint density at radius 1 is 1.03 bits per heavy atom. The van der Waals surface area contributed by atoms with Crippen LogP contribution in [0.25, 0.3) is 0 Å². The molecule has 0 saturated carbocycles. The minimum absolute atomic E-state index is 0.0187. The summed E-state index contributed by atoms with van der Waals surface area (Å²) in [5, 5.41) is 13.9. The molecule has 1 unspecified atom stereocenters. The highest BCUT2D eigenvalue weighted by Crippen LogP contribution is 2.25. The van der Waals surface area contributed by atoms with Gasteiger partial charge in [0.15, 0.2) is 0 Å². The van der Waals surface area contributed by atoms with Crippen molar-refractivity contribution in [2.45, 2.75) is 38.8 Å². The smallest absolute Gasteiger partial charge is 0.317 e. The van der Waals surface area contributed by atoms with Crippen molar-refractivity contribution in [2.24, 2.45) is 0 Å². The summed E-state index contributed by atoms with van der Waals surface area (Å²) in [5.74, 6) is 1.61. The van der Waals surface area contributed by atoms with Gasteiger partial charge in [0.05, 0.1) is 6.54 Å². The number of amides is 2. The fourth-order valence-electron chi connectivity index (χ4n) is 4.43. The van der Waals surface area contributed by atoms with E-state index in [1.54, 1.807) is 4.90 Å². The number of rotatable bonds is 9. The number of β-amino-alcohol motifs (C(OH)–C–C–N with tert-alkyl or cyclic N) is 1. The van der Waals surface area contributed by atoms with E-state index < -0.39 is 5.60 Å². The largest absolute Gasteiger partial charge is 0.492 e. The number of hydrogen-bond donors (Lipinski definition) is 2. The lowest BCUT2D eigenvalue weighted by molar-refractivity contribution is -0.0621. The Labute approximate surface area is 196 Å². The molecule has 4 rings (SSSR count). The number of hydrogen-bond acceptors (Lipinski definition) is 5. The third-order valence-electron chi connectivity index (χ3n) is 6.52. The Hall–Kier alpha value is -2.77. The lowest BCUT2D eigenvalue weighted by Crippen LogP contribution is -2.51. The van der Waals surface area contributed by atoms with Gasteiger partial charge in [-0.3, -0.25) is 4.90 Å². The van der Waals surface area contributed by atoms with Crippen LogP contribution in [0.15, 0.2) is 42.5 Å². The normalized spacial score (nSPS) is 21.2. The summed E-state index contributed by atoms with van der Waals surface area (Å²) in [4.78, 5) is 15.6. The average Bonchev–Trinajstić information content (AvgIpc) is 3.21. The van der Waals surface area contributed by atoms with Gasteiger partial charge in [-0.25, -0.2) is 4.79 Å². The molecule has 2 fully saturated rings. The molecule has 0 aromatic heterocycles. The van der Waals surface area contributed by atoms with Crippen molar-refractivity contribution in [3.05, 3.63) is 59.2 Å². The lowest BCUT2D eigenvalue weighted by Gasteiger charge is -2.39. The highest BCUT2D eigenvalue weighted by molar-refractivity contribution is 5.76. The Morgan fingerprint density at radius 3 is 2.55 bits per heavy atom. The summed E-state index contributed by atoms with van der Waals surface area (Å²) >= 11 is 0. The van der Waals surface area contributed by atoms with Crippen LogP contribution >= 0.6 is 0 Å². The molecule has 2 aromatic carbocycles. The standard InChI is InChI=1S/C26H35N3O4/c1-20-4-7-24(16-21(20)2)33-19-26(31)10-3-12-28(18-26)17-22-5-8-23(9-6-22)32-15-14-29-13-11-27-25(29)30/h4-9,16,31H,3,10-15,17-19H2,1-2H3,(H,27,30). The second-order valence-corrected chi connectivity index (χ2v) is 9.28. The van der Waals surface area contributed by atoms with Gasteiger partial charge in [-0.2, -0.15) is 0 Å². The molecule has 7 nitrogen and oxygen atoms in total. The second-order valence-electron chi connectivity index (χ2n) is 9.28. The zero-order chi connectivity index (χ0) is 23.3. The van der Waals surface area contributed by atoms with Crippen LogP contribution in [0.2, 0.25) is 0 Å². The molecule has 2 aliphatic heterocycles. The summed E-state index contributed by atoms with van der Waals surface area (Å²) in [7, 11) is 0. The molecule has 2 saturated heterocycles. The molecule has 0 radical (unpaired) electrons. The SMILES string of the molecule is Cc1ccc(OCC2(O)CCCN(Cc3ccc(OCCN4CCNC4=O)cc3)C2)cc1C. The first-order chi connectivity index (χ1) is 15.9. The van der Waals surface area contributed by atoms with E-state index in [4.69, 9.17) is 9.47 Å². The maximum absolute atomic E-state index is 11.6. The van der Waals surface area contributed by atoms with Gasteiger partial charge < -0.3 is 24.8 Å². The number of carbonyl (C=O) groups excluding carboxylic acids is 1. The van der Waals surface area contributed by atoms with Gasteiger partial charge >= 0.3 is 6.03 Å². The number of urea groups is 1. The summed E-state index contributed by atoms with van der Waals surface area (Å²) < 4.78 is 11.8. The van der Waals surface area contributed by atoms with E-state index in [9.17, 15) is 9.90 Å². The molecule has 178 valence electrons. The highest BCUT2D eigenvalue weighted by Gasteiger charge is 2.34. The van der Waals surface area contributed by atoms with Crippen molar-refractivity contribution in [1.82, 2.24) is 15.1 Å². The topological polar surface area (TPSA) is 74.3 Å². The molecule has 2 heterocycles. The van der Waals surface area contributed by atoms with Crippen LogP contribution in [-0.2, 0) is 6.54 Å². The molecule has 7 heteroatoms. The number of nitrogens with one attached hydrogen (secondary N) is 1. The molecule has 33 heavy (non-hydrogen) atoms. The van der Waals surface area contributed by atoms with E-state index in [1.807, 2.05) is 24.3 Å². The van der Waals surface area contributed by atoms with Crippen LogP contribution in [0, 0.1) is 13.8 Å². The highest BCUT2D eigenvalue weighted by atomic mass is 16.5. The molecule has 2 aromatic rings. The molecule has 2 amide bonds. The van der Waals surface area contributed by atoms with E-state index in [1.165, 1.54) is 16.7 Å². The van der Waals surface area contributed by atoms with Crippen LogP contribution in [0.3, 0.4) is 0 Å². The maximum Gasteiger partial charge on any atom is 0.317 e. The van der Waals surface area contributed by atoms with Gasteiger partial charge in [0.2, 0.25) is 0 Å². The Balaban J connectivity index is 1.24. The van der Waals surface area contributed by atoms with Gasteiger partial charge in [0, 0.05) is 26.2 Å². The number of nitrogens with zero attached hydrogens (tertiary/aromatic N) is 2. The van der Waals surface area contributed by atoms with Crippen LogP contribution in [0.5, 0.6) is 11.5 Å². The van der Waals surface area contributed by atoms with E-state index in [0.29, 0.717) is 32.8 Å². The number of benzene rings is 2. The summed E-state index contributed by atoms with van der Waals surface area (Å²) in [5.41, 5.74) is 2.77. The quantitative estimate of drug-likeness (QED) is 0.610. The number of aliphatic hydroxyl groups is 1. The zero-order valence-corrected chi connectivity index (χ0v) is 19.7. The fraction of sp³-hybridized carbons (Fsp3) is 0.500. The van der Waals surface area contributed by atoms with E-state index in [-0.39, 0.29) is 6.03 Å². The Morgan fingerprint density at radius 2 is 1.82 bits per heavy atom. The van der Waals surface area contributed by atoms with Crippen LogP contribution in [-0.4, -0.2) is 72.5 Å². The first kappa shape index (κ1) is 23.4. The van der Waals surface area contributed by atoms with Crippen molar-refractivity contribution in [2.75, 3.05) is 45.9 Å². The van der Waals surface area contributed by atoms with Crippen molar-refractivity contribution < 1.29 is 19.4 Å². The first-order valence-corrected chi connectivity index (χ1v) is 11.8. The number of carbonyl (C=O) groups is 1. The second kappa shape index (κ2) is 10.4. The van der Waals surface area contributed by atoms with E-state index in [0.717, 1.165) is 44.0 Å². The first-order valence-electron chi connectivity index (χ1n) is 11.8. The van der Waals surface area contributed by atoms with Gasteiger partial charge in [0.25, 0.3) is 0 Å². The van der Waals surface area contributed by atoms with E-state index in [2.05, 4.69) is 42.3 Å². The predicted molar refractivity (Wildman–Crippen MR) is 128 cm³/mol. The number of ether oxygens (including phenoxy) is 2. The maximum atomic E-state index is 11.6.